The van der Waals surface area contributed by atoms with Gasteiger partial charge in [-0.25, -0.2) is 9.78 Å². The summed E-state index contributed by atoms with van der Waals surface area (Å²) in [5, 5.41) is 14.1. The molecule has 0 amide bonds. The standard InChI is InChI=1S/C20H20N2O6/c1-10-13-14(11-6-8-12(26-5)9-7-11)22-28-16(13)17(15(21-10)18(23)24)27-19(25)20(2,3)4/h6-9H,1-5H3,(H,23,24). The maximum atomic E-state index is 12.4. The van der Waals surface area contributed by atoms with Crippen LogP contribution in [0.5, 0.6) is 11.5 Å². The van der Waals surface area contributed by atoms with Crippen LogP contribution >= 0.6 is 0 Å². The van der Waals surface area contributed by atoms with E-state index in [1.165, 1.54) is 0 Å². The third kappa shape index (κ3) is 3.40. The molecule has 2 heterocycles. The van der Waals surface area contributed by atoms with Crippen LogP contribution < -0.4 is 9.47 Å². The predicted octanol–water partition coefficient (Wildman–Crippen LogP) is 3.86. The van der Waals surface area contributed by atoms with Crippen molar-refractivity contribution in [3.63, 3.8) is 0 Å². The maximum absolute atomic E-state index is 12.4. The van der Waals surface area contributed by atoms with Crippen LogP contribution in [0.2, 0.25) is 0 Å². The number of methoxy groups -OCH3 is 1. The van der Waals surface area contributed by atoms with E-state index >= 15 is 0 Å². The van der Waals surface area contributed by atoms with Gasteiger partial charge in [-0.3, -0.25) is 4.79 Å². The molecule has 1 aromatic carbocycles. The molecule has 8 heteroatoms. The molecule has 3 aromatic rings. The number of carboxylic acid groups (broad SMARTS) is 1. The Hall–Kier alpha value is -3.42. The molecule has 28 heavy (non-hydrogen) atoms. The lowest BCUT2D eigenvalue weighted by molar-refractivity contribution is -0.143. The second-order valence-electron chi connectivity index (χ2n) is 7.28. The summed E-state index contributed by atoms with van der Waals surface area (Å²) in [5.41, 5.74) is 0.405. The number of hydrogen-bond acceptors (Lipinski definition) is 7. The van der Waals surface area contributed by atoms with Crippen LogP contribution in [0.1, 0.15) is 37.0 Å². The number of ether oxygens (including phenoxy) is 2. The zero-order valence-electron chi connectivity index (χ0n) is 16.2. The lowest BCUT2D eigenvalue weighted by atomic mass is 9.97. The molecule has 0 spiro atoms. The zero-order chi connectivity index (χ0) is 20.6. The second kappa shape index (κ2) is 6.95. The van der Waals surface area contributed by atoms with Crippen LogP contribution in [0.3, 0.4) is 0 Å². The molecular weight excluding hydrogens is 364 g/mol. The Bertz CT molecular complexity index is 1060. The fraction of sp³-hybridized carbons (Fsp3) is 0.300. The van der Waals surface area contributed by atoms with Gasteiger partial charge in [-0.05, 0) is 52.0 Å². The number of esters is 1. The van der Waals surface area contributed by atoms with E-state index in [1.807, 2.05) is 0 Å². The first-order chi connectivity index (χ1) is 13.1. The van der Waals surface area contributed by atoms with E-state index in [0.29, 0.717) is 22.5 Å². The lowest BCUT2D eigenvalue weighted by Gasteiger charge is -2.17. The molecule has 0 bridgehead atoms. The zero-order valence-corrected chi connectivity index (χ0v) is 16.2. The van der Waals surface area contributed by atoms with Crippen molar-refractivity contribution in [2.45, 2.75) is 27.7 Å². The Morgan fingerprint density at radius 3 is 2.32 bits per heavy atom. The Balaban J connectivity index is 2.22. The third-order valence-electron chi connectivity index (χ3n) is 4.13. The summed E-state index contributed by atoms with van der Waals surface area (Å²) in [6, 6.07) is 7.12. The molecule has 0 saturated heterocycles. The van der Waals surface area contributed by atoms with Gasteiger partial charge in [0.25, 0.3) is 0 Å². The van der Waals surface area contributed by atoms with E-state index in [1.54, 1.807) is 59.1 Å². The van der Waals surface area contributed by atoms with Crippen molar-refractivity contribution in [2.75, 3.05) is 7.11 Å². The number of carbonyl (C=O) groups excluding carboxylic acids is 1. The molecule has 0 radical (unpaired) electrons. The van der Waals surface area contributed by atoms with Crippen molar-refractivity contribution in [1.82, 2.24) is 10.1 Å². The van der Waals surface area contributed by atoms with Gasteiger partial charge in [0, 0.05) is 5.56 Å². The molecule has 0 fully saturated rings. The van der Waals surface area contributed by atoms with E-state index in [2.05, 4.69) is 10.1 Å². The normalized spacial score (nSPS) is 11.5. The summed E-state index contributed by atoms with van der Waals surface area (Å²) in [6.45, 7) is 6.64. The van der Waals surface area contributed by atoms with Gasteiger partial charge < -0.3 is 19.1 Å². The van der Waals surface area contributed by atoms with E-state index in [4.69, 9.17) is 14.0 Å². The second-order valence-corrected chi connectivity index (χ2v) is 7.28. The van der Waals surface area contributed by atoms with Crippen LogP contribution in [0.4, 0.5) is 0 Å². The summed E-state index contributed by atoms with van der Waals surface area (Å²) >= 11 is 0. The lowest BCUT2D eigenvalue weighted by Crippen LogP contribution is -2.26. The van der Waals surface area contributed by atoms with Crippen molar-refractivity contribution in [3.05, 3.63) is 35.7 Å². The highest BCUT2D eigenvalue weighted by atomic mass is 16.6. The average Bonchev–Trinajstić information content (AvgIpc) is 3.08. The number of fused-ring (bicyclic) bond motifs is 1. The Morgan fingerprint density at radius 1 is 1.14 bits per heavy atom. The number of nitrogens with zero attached hydrogens (tertiary/aromatic N) is 2. The number of aromatic carboxylic acids is 1. The molecule has 8 nitrogen and oxygen atoms in total. The van der Waals surface area contributed by atoms with E-state index in [0.717, 1.165) is 5.56 Å². The van der Waals surface area contributed by atoms with E-state index in [9.17, 15) is 14.7 Å². The fourth-order valence-electron chi connectivity index (χ4n) is 2.59. The highest BCUT2D eigenvalue weighted by Crippen LogP contribution is 2.38. The van der Waals surface area contributed by atoms with Crippen molar-refractivity contribution in [1.29, 1.82) is 0 Å². The minimum Gasteiger partial charge on any atom is -0.497 e. The molecule has 3 rings (SSSR count). The quantitative estimate of drug-likeness (QED) is 0.675. The van der Waals surface area contributed by atoms with Gasteiger partial charge in [-0.2, -0.15) is 0 Å². The van der Waals surface area contributed by atoms with Gasteiger partial charge >= 0.3 is 11.9 Å². The SMILES string of the molecule is COc1ccc(-c2noc3c(OC(=O)C(C)(C)C)c(C(=O)O)nc(C)c23)cc1. The van der Waals surface area contributed by atoms with Crippen molar-refractivity contribution in [2.24, 2.45) is 5.41 Å². The highest BCUT2D eigenvalue weighted by Gasteiger charge is 2.31. The van der Waals surface area contributed by atoms with E-state index in [-0.39, 0.29) is 11.3 Å². The number of pyridine rings is 1. The monoisotopic (exact) mass is 384 g/mol. The summed E-state index contributed by atoms with van der Waals surface area (Å²) in [7, 11) is 1.57. The first-order valence-electron chi connectivity index (χ1n) is 8.53. The molecule has 1 N–H and O–H groups in total. The van der Waals surface area contributed by atoms with Gasteiger partial charge in [0.05, 0.1) is 23.6 Å². The van der Waals surface area contributed by atoms with Crippen LogP contribution in [-0.4, -0.2) is 34.3 Å². The molecule has 0 aliphatic heterocycles. The smallest absolute Gasteiger partial charge is 0.358 e. The number of hydrogen-bond donors (Lipinski definition) is 1. The summed E-state index contributed by atoms with van der Waals surface area (Å²) < 4.78 is 16.0. The number of carbonyl (C=O) groups is 2. The molecule has 0 unspecified atom stereocenters. The third-order valence-corrected chi connectivity index (χ3v) is 4.13. The Morgan fingerprint density at radius 2 is 1.79 bits per heavy atom. The summed E-state index contributed by atoms with van der Waals surface area (Å²) in [5.74, 6) is -1.51. The largest absolute Gasteiger partial charge is 0.497 e. The minimum atomic E-state index is -1.33. The Labute approximate surface area is 161 Å². The molecule has 146 valence electrons. The van der Waals surface area contributed by atoms with Gasteiger partial charge in [0.15, 0.2) is 5.69 Å². The molecule has 0 aliphatic rings. The van der Waals surface area contributed by atoms with Crippen LogP contribution in [0.25, 0.3) is 22.2 Å². The van der Waals surface area contributed by atoms with Gasteiger partial charge in [0.2, 0.25) is 11.3 Å². The Kier molecular flexibility index (Phi) is 4.80. The van der Waals surface area contributed by atoms with Crippen LogP contribution in [0.15, 0.2) is 28.8 Å². The summed E-state index contributed by atoms with van der Waals surface area (Å²) in [4.78, 5) is 28.2. The number of rotatable bonds is 4. The van der Waals surface area contributed by atoms with Crippen molar-refractivity contribution in [3.8, 4) is 22.8 Å². The fourth-order valence-corrected chi connectivity index (χ4v) is 2.59. The van der Waals surface area contributed by atoms with Crippen LogP contribution in [-0.2, 0) is 4.79 Å². The first kappa shape index (κ1) is 19.3. The number of benzene rings is 1. The topological polar surface area (TPSA) is 112 Å². The molecular formula is C20H20N2O6. The molecule has 0 saturated carbocycles. The van der Waals surface area contributed by atoms with Gasteiger partial charge in [-0.15, -0.1) is 0 Å². The molecule has 0 atom stereocenters. The first-order valence-corrected chi connectivity index (χ1v) is 8.53. The maximum Gasteiger partial charge on any atom is 0.358 e. The van der Waals surface area contributed by atoms with Gasteiger partial charge in [-0.1, -0.05) is 5.16 Å². The van der Waals surface area contributed by atoms with E-state index < -0.39 is 23.0 Å². The average molecular weight is 384 g/mol. The highest BCUT2D eigenvalue weighted by molar-refractivity contribution is 6.03. The number of aromatic nitrogens is 2. The van der Waals surface area contributed by atoms with Crippen molar-refractivity contribution >= 4 is 22.9 Å². The molecule has 0 aliphatic carbocycles. The molecule has 2 aromatic heterocycles. The van der Waals surface area contributed by atoms with Gasteiger partial charge in [0.1, 0.15) is 11.4 Å². The van der Waals surface area contributed by atoms with Crippen LogP contribution in [0, 0.1) is 12.3 Å². The number of aryl methyl sites for hydroxylation is 1. The predicted molar refractivity (Wildman–Crippen MR) is 101 cm³/mol. The number of carboxylic acids is 1. The summed E-state index contributed by atoms with van der Waals surface area (Å²) in [6.07, 6.45) is 0. The minimum absolute atomic E-state index is 0.0633. The van der Waals surface area contributed by atoms with Crippen molar-refractivity contribution < 1.29 is 28.7 Å².